The van der Waals surface area contributed by atoms with E-state index in [1.54, 1.807) is 0 Å². The van der Waals surface area contributed by atoms with Crippen molar-refractivity contribution in [2.45, 2.75) is 26.2 Å². The van der Waals surface area contributed by atoms with Crippen molar-refractivity contribution in [2.24, 2.45) is 5.92 Å². The molecule has 0 saturated carbocycles. The number of benzene rings is 1. The van der Waals surface area contributed by atoms with Crippen molar-refractivity contribution in [2.75, 3.05) is 0 Å². The van der Waals surface area contributed by atoms with Gasteiger partial charge in [-0.25, -0.2) is 8.78 Å². The molecule has 0 aliphatic heterocycles. The fourth-order valence-corrected chi connectivity index (χ4v) is 1.67. The predicted octanol–water partition coefficient (Wildman–Crippen LogP) is 3.18. The van der Waals surface area contributed by atoms with Crippen LogP contribution in [0.4, 0.5) is 8.78 Å². The van der Waals surface area contributed by atoms with Crippen LogP contribution in [0, 0.1) is 17.6 Å². The summed E-state index contributed by atoms with van der Waals surface area (Å²) in [5, 5.41) is 8.75. The first-order valence-corrected chi connectivity index (χ1v) is 5.08. The molecular formula is C12H14F2O2. The van der Waals surface area contributed by atoms with Crippen LogP contribution in [0.1, 0.15) is 31.7 Å². The SMILES string of the molecule is CC(C)C(CC(=O)O)c1ccc(F)c(F)c1. The van der Waals surface area contributed by atoms with Gasteiger partial charge in [0.15, 0.2) is 11.6 Å². The Kier molecular flexibility index (Phi) is 3.99. The summed E-state index contributed by atoms with van der Waals surface area (Å²) in [7, 11) is 0. The Morgan fingerprint density at radius 3 is 2.38 bits per heavy atom. The normalized spacial score (nSPS) is 12.8. The van der Waals surface area contributed by atoms with Gasteiger partial charge < -0.3 is 5.11 Å². The third-order valence-electron chi connectivity index (χ3n) is 2.57. The summed E-state index contributed by atoms with van der Waals surface area (Å²) in [6.07, 6.45) is -0.0806. The first kappa shape index (κ1) is 12.6. The molecule has 0 aliphatic carbocycles. The minimum absolute atomic E-state index is 0.0564. The van der Waals surface area contributed by atoms with Gasteiger partial charge in [0, 0.05) is 0 Å². The van der Waals surface area contributed by atoms with Crippen LogP contribution >= 0.6 is 0 Å². The number of carbonyl (C=O) groups is 1. The van der Waals surface area contributed by atoms with Gasteiger partial charge in [0.1, 0.15) is 0 Å². The molecule has 0 radical (unpaired) electrons. The zero-order chi connectivity index (χ0) is 12.3. The van der Waals surface area contributed by atoms with Gasteiger partial charge in [0.2, 0.25) is 0 Å². The van der Waals surface area contributed by atoms with Gasteiger partial charge in [-0.05, 0) is 29.5 Å². The van der Waals surface area contributed by atoms with Gasteiger partial charge in [0.05, 0.1) is 6.42 Å². The average Bonchev–Trinajstić information content (AvgIpc) is 2.18. The number of halogens is 2. The highest BCUT2D eigenvalue weighted by atomic mass is 19.2. The second-order valence-corrected chi connectivity index (χ2v) is 4.12. The number of carboxylic acids is 1. The van der Waals surface area contributed by atoms with Gasteiger partial charge in [-0.2, -0.15) is 0 Å². The van der Waals surface area contributed by atoms with Crippen molar-refractivity contribution in [3.63, 3.8) is 0 Å². The first-order valence-electron chi connectivity index (χ1n) is 5.08. The Labute approximate surface area is 92.9 Å². The van der Waals surface area contributed by atoms with E-state index in [0.29, 0.717) is 5.56 Å². The fourth-order valence-electron chi connectivity index (χ4n) is 1.67. The van der Waals surface area contributed by atoms with Crippen molar-refractivity contribution in [3.05, 3.63) is 35.4 Å². The van der Waals surface area contributed by atoms with E-state index in [4.69, 9.17) is 5.11 Å². The van der Waals surface area contributed by atoms with Crippen molar-refractivity contribution in [3.8, 4) is 0 Å². The van der Waals surface area contributed by atoms with Crippen LogP contribution in [0.15, 0.2) is 18.2 Å². The fraction of sp³-hybridized carbons (Fsp3) is 0.417. The molecule has 0 bridgehead atoms. The van der Waals surface area contributed by atoms with Crippen LogP contribution in [0.5, 0.6) is 0 Å². The van der Waals surface area contributed by atoms with Crippen LogP contribution in [-0.4, -0.2) is 11.1 Å². The van der Waals surface area contributed by atoms with E-state index in [1.165, 1.54) is 6.07 Å². The largest absolute Gasteiger partial charge is 0.481 e. The van der Waals surface area contributed by atoms with Gasteiger partial charge >= 0.3 is 5.97 Å². The van der Waals surface area contributed by atoms with Crippen molar-refractivity contribution in [1.82, 2.24) is 0 Å². The highest BCUT2D eigenvalue weighted by molar-refractivity contribution is 5.68. The van der Waals surface area contributed by atoms with Gasteiger partial charge in [-0.1, -0.05) is 19.9 Å². The maximum atomic E-state index is 13.0. The highest BCUT2D eigenvalue weighted by Crippen LogP contribution is 2.28. The average molecular weight is 228 g/mol. The van der Waals surface area contributed by atoms with Crippen LogP contribution in [0.25, 0.3) is 0 Å². The molecule has 1 aromatic carbocycles. The summed E-state index contributed by atoms with van der Waals surface area (Å²) < 4.78 is 25.8. The van der Waals surface area contributed by atoms with Gasteiger partial charge in [0.25, 0.3) is 0 Å². The quantitative estimate of drug-likeness (QED) is 0.859. The van der Waals surface area contributed by atoms with E-state index in [9.17, 15) is 13.6 Å². The maximum Gasteiger partial charge on any atom is 0.303 e. The Morgan fingerprint density at radius 2 is 1.94 bits per heavy atom. The molecule has 0 amide bonds. The lowest BCUT2D eigenvalue weighted by atomic mass is 9.86. The molecule has 0 saturated heterocycles. The highest BCUT2D eigenvalue weighted by Gasteiger charge is 2.20. The summed E-state index contributed by atoms with van der Waals surface area (Å²) in [6.45, 7) is 3.71. The van der Waals surface area contributed by atoms with E-state index < -0.39 is 17.6 Å². The van der Waals surface area contributed by atoms with Crippen LogP contribution in [0.3, 0.4) is 0 Å². The second kappa shape index (κ2) is 5.05. The van der Waals surface area contributed by atoms with Gasteiger partial charge in [-0.3, -0.25) is 4.79 Å². The Balaban J connectivity index is 3.01. The van der Waals surface area contributed by atoms with Crippen LogP contribution in [0.2, 0.25) is 0 Å². The molecule has 1 atom stereocenters. The summed E-state index contributed by atoms with van der Waals surface area (Å²) >= 11 is 0. The molecule has 0 aliphatic rings. The molecule has 2 nitrogen and oxygen atoms in total. The summed E-state index contributed by atoms with van der Waals surface area (Å²) in [5.74, 6) is -3.04. The van der Waals surface area contributed by atoms with Crippen LogP contribution in [-0.2, 0) is 4.79 Å². The molecule has 0 aromatic heterocycles. The summed E-state index contributed by atoms with van der Waals surface area (Å²) in [6, 6.07) is 3.54. The zero-order valence-electron chi connectivity index (χ0n) is 9.21. The lowest BCUT2D eigenvalue weighted by Crippen LogP contribution is -2.12. The lowest BCUT2D eigenvalue weighted by molar-refractivity contribution is -0.137. The monoisotopic (exact) mass is 228 g/mol. The smallest absolute Gasteiger partial charge is 0.303 e. The third-order valence-corrected chi connectivity index (χ3v) is 2.57. The molecule has 0 heterocycles. The number of rotatable bonds is 4. The van der Waals surface area contributed by atoms with Gasteiger partial charge in [-0.15, -0.1) is 0 Å². The zero-order valence-corrected chi connectivity index (χ0v) is 9.21. The van der Waals surface area contributed by atoms with Crippen molar-refractivity contribution < 1.29 is 18.7 Å². The molecule has 1 unspecified atom stereocenters. The van der Waals surface area contributed by atoms with E-state index in [1.807, 2.05) is 13.8 Å². The van der Waals surface area contributed by atoms with E-state index in [2.05, 4.69) is 0 Å². The number of carboxylic acid groups (broad SMARTS) is 1. The molecule has 1 aromatic rings. The number of aliphatic carboxylic acids is 1. The molecule has 1 rings (SSSR count). The number of hydrogen-bond donors (Lipinski definition) is 1. The molecule has 0 fully saturated rings. The minimum atomic E-state index is -0.941. The standard InChI is InChI=1S/C12H14F2O2/c1-7(2)9(6-12(15)16)8-3-4-10(13)11(14)5-8/h3-5,7,9H,6H2,1-2H3,(H,15,16). The Hall–Kier alpha value is -1.45. The minimum Gasteiger partial charge on any atom is -0.481 e. The van der Waals surface area contributed by atoms with E-state index >= 15 is 0 Å². The van der Waals surface area contributed by atoms with Crippen molar-refractivity contribution in [1.29, 1.82) is 0 Å². The molecule has 0 spiro atoms. The first-order chi connectivity index (χ1) is 7.41. The predicted molar refractivity (Wildman–Crippen MR) is 56.2 cm³/mol. The molecule has 1 N–H and O–H groups in total. The second-order valence-electron chi connectivity index (χ2n) is 4.12. The van der Waals surface area contributed by atoms with E-state index in [-0.39, 0.29) is 18.3 Å². The summed E-state index contributed by atoms with van der Waals surface area (Å²) in [5.41, 5.74) is 0.524. The Bertz CT molecular complexity index is 389. The third kappa shape index (κ3) is 3.02. The molecule has 16 heavy (non-hydrogen) atoms. The van der Waals surface area contributed by atoms with Crippen molar-refractivity contribution >= 4 is 5.97 Å². The number of hydrogen-bond acceptors (Lipinski definition) is 1. The Morgan fingerprint density at radius 1 is 1.31 bits per heavy atom. The summed E-state index contributed by atoms with van der Waals surface area (Å²) in [4.78, 5) is 10.7. The van der Waals surface area contributed by atoms with E-state index in [0.717, 1.165) is 12.1 Å². The topological polar surface area (TPSA) is 37.3 Å². The molecule has 88 valence electrons. The lowest BCUT2D eigenvalue weighted by Gasteiger charge is -2.19. The maximum absolute atomic E-state index is 13.0. The molecular weight excluding hydrogens is 214 g/mol. The van der Waals surface area contributed by atoms with Crippen LogP contribution < -0.4 is 0 Å². The molecule has 4 heteroatoms.